The molecule has 0 saturated carbocycles. The van der Waals surface area contributed by atoms with Gasteiger partial charge in [0.25, 0.3) is 0 Å². The molecule has 0 fully saturated rings. The van der Waals surface area contributed by atoms with Crippen molar-refractivity contribution in [2.45, 2.75) is 13.1 Å². The summed E-state index contributed by atoms with van der Waals surface area (Å²) in [5, 5.41) is -0.0904. The number of alkyl halides is 3. The molecule has 0 radical (unpaired) electrons. The van der Waals surface area contributed by atoms with E-state index in [0.29, 0.717) is 0 Å². The van der Waals surface area contributed by atoms with Gasteiger partial charge in [0, 0.05) is 6.92 Å². The normalized spacial score (nSPS) is 11.1. The molecular formula is C4H5F3OS. The zero-order valence-electron chi connectivity index (χ0n) is 4.66. The minimum atomic E-state index is -4.28. The minimum Gasteiger partial charge on any atom is -0.478 e. The molecular weight excluding hydrogens is 153 g/mol. The van der Waals surface area contributed by atoms with E-state index in [2.05, 4.69) is 17.0 Å². The fourth-order valence-electron chi connectivity index (χ4n) is 0.183. The molecule has 0 saturated heterocycles. The maximum atomic E-state index is 11.2. The third-order valence-corrected chi connectivity index (χ3v) is 0.557. The van der Waals surface area contributed by atoms with Crippen molar-refractivity contribution in [2.24, 2.45) is 0 Å². The van der Waals surface area contributed by atoms with Crippen LogP contribution in [0.25, 0.3) is 0 Å². The fourth-order valence-corrected chi connectivity index (χ4v) is 0.242. The van der Waals surface area contributed by atoms with Gasteiger partial charge in [-0.2, -0.15) is 13.2 Å². The van der Waals surface area contributed by atoms with Crippen LogP contribution >= 0.6 is 12.2 Å². The second kappa shape index (κ2) is 3.00. The second-order valence-corrected chi connectivity index (χ2v) is 1.97. The lowest BCUT2D eigenvalue weighted by atomic mass is 10.7. The van der Waals surface area contributed by atoms with Crippen LogP contribution in [0.5, 0.6) is 0 Å². The van der Waals surface area contributed by atoms with Gasteiger partial charge in [0.15, 0.2) is 11.7 Å². The van der Waals surface area contributed by atoms with Gasteiger partial charge >= 0.3 is 6.18 Å². The van der Waals surface area contributed by atoms with Crippen molar-refractivity contribution in [3.63, 3.8) is 0 Å². The van der Waals surface area contributed by atoms with Gasteiger partial charge in [-0.1, -0.05) is 0 Å². The van der Waals surface area contributed by atoms with Gasteiger partial charge in [-0.3, -0.25) is 0 Å². The molecule has 0 aliphatic heterocycles. The summed E-state index contributed by atoms with van der Waals surface area (Å²) in [7, 11) is 0. The minimum absolute atomic E-state index is 0.0904. The molecule has 0 aliphatic carbocycles. The van der Waals surface area contributed by atoms with Crippen molar-refractivity contribution in [3.8, 4) is 0 Å². The Kier molecular flexibility index (Phi) is 2.90. The Hall–Kier alpha value is -0.320. The van der Waals surface area contributed by atoms with Gasteiger partial charge in [0.2, 0.25) is 0 Å². The first-order chi connectivity index (χ1) is 3.92. The molecule has 0 aromatic rings. The molecule has 0 amide bonds. The Morgan fingerprint density at radius 3 is 2.11 bits per heavy atom. The zero-order valence-corrected chi connectivity index (χ0v) is 5.47. The highest BCUT2D eigenvalue weighted by atomic mass is 32.1. The van der Waals surface area contributed by atoms with Crippen molar-refractivity contribution in [3.05, 3.63) is 0 Å². The summed E-state index contributed by atoms with van der Waals surface area (Å²) in [6.45, 7) is 0.00338. The van der Waals surface area contributed by atoms with Crippen LogP contribution in [0.15, 0.2) is 0 Å². The molecule has 0 spiro atoms. The third-order valence-electron chi connectivity index (χ3n) is 0.439. The molecule has 1 nitrogen and oxygen atoms in total. The molecule has 9 heavy (non-hydrogen) atoms. The van der Waals surface area contributed by atoms with E-state index in [9.17, 15) is 13.2 Å². The molecule has 0 aromatic carbocycles. The van der Waals surface area contributed by atoms with Crippen LogP contribution in [0, 0.1) is 0 Å². The maximum Gasteiger partial charge on any atom is 0.422 e. The summed E-state index contributed by atoms with van der Waals surface area (Å²) < 4.78 is 37.7. The van der Waals surface area contributed by atoms with Crippen LogP contribution in [0.3, 0.4) is 0 Å². The summed E-state index contributed by atoms with van der Waals surface area (Å²) in [5.74, 6) is 0. The van der Waals surface area contributed by atoms with Crippen LogP contribution < -0.4 is 0 Å². The average Bonchev–Trinajstić information content (AvgIpc) is 1.59. The molecule has 0 bridgehead atoms. The Bertz CT molecular complexity index is 109. The van der Waals surface area contributed by atoms with E-state index in [4.69, 9.17) is 0 Å². The van der Waals surface area contributed by atoms with E-state index in [1.165, 1.54) is 6.92 Å². The molecule has 0 aromatic heterocycles. The van der Waals surface area contributed by atoms with Crippen molar-refractivity contribution >= 4 is 17.3 Å². The van der Waals surface area contributed by atoms with E-state index < -0.39 is 12.8 Å². The van der Waals surface area contributed by atoms with Crippen LogP contribution in [-0.4, -0.2) is 17.8 Å². The van der Waals surface area contributed by atoms with Gasteiger partial charge in [-0.25, -0.2) is 0 Å². The largest absolute Gasteiger partial charge is 0.478 e. The molecule has 0 rings (SSSR count). The molecule has 0 unspecified atom stereocenters. The summed E-state index contributed by atoms with van der Waals surface area (Å²) in [4.78, 5) is 0. The van der Waals surface area contributed by atoms with Crippen LogP contribution in [-0.2, 0) is 4.74 Å². The van der Waals surface area contributed by atoms with E-state index in [1.807, 2.05) is 0 Å². The third kappa shape index (κ3) is 7.68. The highest BCUT2D eigenvalue weighted by Crippen LogP contribution is 2.14. The standard InChI is InChI=1S/C4H5F3OS/c1-3(9)8-2-4(5,6)7/h2H2,1H3. The molecule has 5 heteroatoms. The Labute approximate surface area is 55.8 Å². The second-order valence-electron chi connectivity index (χ2n) is 1.40. The Balaban J connectivity index is 3.39. The average molecular weight is 158 g/mol. The zero-order chi connectivity index (χ0) is 7.49. The highest BCUT2D eigenvalue weighted by Gasteiger charge is 2.28. The summed E-state index contributed by atoms with van der Waals surface area (Å²) >= 11 is 4.24. The first-order valence-corrected chi connectivity index (χ1v) is 2.53. The molecule has 0 N–H and O–H groups in total. The quantitative estimate of drug-likeness (QED) is 0.539. The van der Waals surface area contributed by atoms with E-state index in [-0.39, 0.29) is 5.05 Å². The van der Waals surface area contributed by atoms with Gasteiger partial charge in [0.1, 0.15) is 0 Å². The smallest absolute Gasteiger partial charge is 0.422 e. The topological polar surface area (TPSA) is 9.23 Å². The summed E-state index contributed by atoms with van der Waals surface area (Å²) in [6.07, 6.45) is -4.28. The first-order valence-electron chi connectivity index (χ1n) is 2.12. The lowest BCUT2D eigenvalue weighted by Crippen LogP contribution is -2.18. The lowest BCUT2D eigenvalue weighted by Gasteiger charge is -2.05. The number of hydrogen-bond donors (Lipinski definition) is 0. The molecule has 54 valence electrons. The molecule has 0 heterocycles. The number of thiocarbonyl (C=S) groups is 1. The lowest BCUT2D eigenvalue weighted by molar-refractivity contribution is -0.155. The molecule has 0 atom stereocenters. The highest BCUT2D eigenvalue weighted by molar-refractivity contribution is 7.80. The van der Waals surface area contributed by atoms with E-state index in [0.717, 1.165) is 0 Å². The van der Waals surface area contributed by atoms with Crippen molar-refractivity contribution in [2.75, 3.05) is 6.61 Å². The number of hydrogen-bond acceptors (Lipinski definition) is 2. The number of ether oxygens (including phenoxy) is 1. The monoisotopic (exact) mass is 158 g/mol. The van der Waals surface area contributed by atoms with Crippen LogP contribution in [0.1, 0.15) is 6.92 Å². The van der Waals surface area contributed by atoms with E-state index in [1.54, 1.807) is 0 Å². The van der Waals surface area contributed by atoms with Crippen LogP contribution in [0.2, 0.25) is 0 Å². The van der Waals surface area contributed by atoms with Crippen LogP contribution in [0.4, 0.5) is 13.2 Å². The summed E-state index contributed by atoms with van der Waals surface area (Å²) in [5.41, 5.74) is 0. The van der Waals surface area contributed by atoms with Gasteiger partial charge in [0.05, 0.1) is 0 Å². The Morgan fingerprint density at radius 1 is 1.56 bits per heavy atom. The number of rotatable bonds is 1. The summed E-state index contributed by atoms with van der Waals surface area (Å²) in [6, 6.07) is 0. The van der Waals surface area contributed by atoms with Crippen molar-refractivity contribution in [1.29, 1.82) is 0 Å². The Morgan fingerprint density at radius 2 is 2.00 bits per heavy atom. The maximum absolute atomic E-state index is 11.2. The van der Waals surface area contributed by atoms with E-state index >= 15 is 0 Å². The SMILES string of the molecule is CC(=S)OCC(F)(F)F. The van der Waals surface area contributed by atoms with Crippen molar-refractivity contribution < 1.29 is 17.9 Å². The van der Waals surface area contributed by atoms with Gasteiger partial charge in [-0.15, -0.1) is 0 Å². The van der Waals surface area contributed by atoms with Crippen molar-refractivity contribution in [1.82, 2.24) is 0 Å². The molecule has 0 aliphatic rings. The first kappa shape index (κ1) is 8.68. The predicted octanol–water partition coefficient (Wildman–Crippen LogP) is 1.91. The van der Waals surface area contributed by atoms with Gasteiger partial charge < -0.3 is 4.74 Å². The fraction of sp³-hybridized carbons (Fsp3) is 0.750. The number of halogens is 3. The van der Waals surface area contributed by atoms with Gasteiger partial charge in [-0.05, 0) is 12.2 Å². The predicted molar refractivity (Wildman–Crippen MR) is 30.3 cm³/mol.